The van der Waals surface area contributed by atoms with Crippen LogP contribution in [0.1, 0.15) is 21.9 Å². The van der Waals surface area contributed by atoms with E-state index < -0.39 is 5.97 Å². The molecule has 0 spiro atoms. The van der Waals surface area contributed by atoms with Crippen LogP contribution in [-0.2, 0) is 6.54 Å². The van der Waals surface area contributed by atoms with Crippen LogP contribution in [0.2, 0.25) is 0 Å². The number of aromatic nitrogens is 5. The van der Waals surface area contributed by atoms with Gasteiger partial charge in [-0.1, -0.05) is 10.4 Å². The van der Waals surface area contributed by atoms with E-state index in [1.165, 1.54) is 4.68 Å². The molecule has 21 heavy (non-hydrogen) atoms. The van der Waals surface area contributed by atoms with E-state index in [-0.39, 0.29) is 12.2 Å². The molecule has 0 aliphatic heterocycles. The molecule has 0 saturated heterocycles. The summed E-state index contributed by atoms with van der Waals surface area (Å²) in [5, 5.41) is 20.7. The minimum Gasteiger partial charge on any atom is -0.476 e. The van der Waals surface area contributed by atoms with Crippen molar-refractivity contribution in [3.63, 3.8) is 0 Å². The van der Waals surface area contributed by atoms with E-state index in [1.807, 2.05) is 0 Å². The fourth-order valence-corrected chi connectivity index (χ4v) is 2.00. The van der Waals surface area contributed by atoms with Gasteiger partial charge in [-0.05, 0) is 19.1 Å². The van der Waals surface area contributed by atoms with Gasteiger partial charge in [0.1, 0.15) is 12.2 Å². The van der Waals surface area contributed by atoms with Gasteiger partial charge < -0.3 is 9.63 Å². The summed E-state index contributed by atoms with van der Waals surface area (Å²) >= 11 is 0. The van der Waals surface area contributed by atoms with Gasteiger partial charge in [0, 0.05) is 24.0 Å². The number of pyridine rings is 1. The molecular weight excluding hydrogens is 274 g/mol. The summed E-state index contributed by atoms with van der Waals surface area (Å²) < 4.78 is 6.60. The van der Waals surface area contributed by atoms with Crippen LogP contribution < -0.4 is 0 Å². The van der Waals surface area contributed by atoms with Crippen LogP contribution in [0.15, 0.2) is 35.1 Å². The van der Waals surface area contributed by atoms with Crippen LogP contribution in [-0.4, -0.2) is 36.2 Å². The second-order valence-electron chi connectivity index (χ2n) is 4.42. The average molecular weight is 285 g/mol. The molecule has 0 radical (unpaired) electrons. The van der Waals surface area contributed by atoms with Crippen molar-refractivity contribution >= 4 is 5.97 Å². The quantitative estimate of drug-likeness (QED) is 0.771. The van der Waals surface area contributed by atoms with E-state index in [1.54, 1.807) is 37.5 Å². The standard InChI is InChI=1S/C13H11N5O3/c1-8-6-10(21-16-8)7-18-12(9-2-4-14-5-3-9)11(13(19)20)15-17-18/h2-6H,7H2,1H3,(H,19,20). The van der Waals surface area contributed by atoms with Crippen LogP contribution >= 0.6 is 0 Å². The number of nitrogens with zero attached hydrogens (tertiary/aromatic N) is 5. The van der Waals surface area contributed by atoms with Crippen molar-refractivity contribution in [1.82, 2.24) is 25.1 Å². The lowest BCUT2D eigenvalue weighted by molar-refractivity contribution is 0.0691. The number of aryl methyl sites for hydroxylation is 1. The first-order valence-corrected chi connectivity index (χ1v) is 6.14. The van der Waals surface area contributed by atoms with Gasteiger partial charge >= 0.3 is 5.97 Å². The topological polar surface area (TPSA) is 107 Å². The maximum atomic E-state index is 11.3. The zero-order valence-corrected chi connectivity index (χ0v) is 11.1. The summed E-state index contributed by atoms with van der Waals surface area (Å²) in [6.07, 6.45) is 3.16. The van der Waals surface area contributed by atoms with Crippen LogP contribution in [0, 0.1) is 6.92 Å². The van der Waals surface area contributed by atoms with Crippen molar-refractivity contribution in [1.29, 1.82) is 0 Å². The van der Waals surface area contributed by atoms with Gasteiger partial charge in [-0.3, -0.25) is 4.98 Å². The Balaban J connectivity index is 2.07. The number of carboxylic acids is 1. The second-order valence-corrected chi connectivity index (χ2v) is 4.42. The fraction of sp³-hybridized carbons (Fsp3) is 0.154. The minimum absolute atomic E-state index is 0.113. The van der Waals surface area contributed by atoms with Crippen molar-refractivity contribution in [2.24, 2.45) is 0 Å². The highest BCUT2D eigenvalue weighted by atomic mass is 16.5. The average Bonchev–Trinajstić information content (AvgIpc) is 3.07. The van der Waals surface area contributed by atoms with E-state index in [9.17, 15) is 9.90 Å². The third kappa shape index (κ3) is 2.50. The summed E-state index contributed by atoms with van der Waals surface area (Å²) in [6, 6.07) is 5.17. The Morgan fingerprint density at radius 3 is 2.76 bits per heavy atom. The van der Waals surface area contributed by atoms with E-state index in [4.69, 9.17) is 4.52 Å². The molecule has 0 saturated carbocycles. The van der Waals surface area contributed by atoms with Gasteiger partial charge in [0.25, 0.3) is 0 Å². The molecule has 0 aliphatic carbocycles. The van der Waals surface area contributed by atoms with E-state index in [2.05, 4.69) is 20.5 Å². The van der Waals surface area contributed by atoms with Gasteiger partial charge in [-0.25, -0.2) is 9.48 Å². The molecule has 0 bridgehead atoms. The van der Waals surface area contributed by atoms with Crippen molar-refractivity contribution in [2.75, 3.05) is 0 Å². The van der Waals surface area contributed by atoms with Gasteiger partial charge in [0.2, 0.25) is 0 Å². The lowest BCUT2D eigenvalue weighted by Gasteiger charge is -2.05. The Kier molecular flexibility index (Phi) is 3.19. The van der Waals surface area contributed by atoms with Crippen molar-refractivity contribution < 1.29 is 14.4 Å². The summed E-state index contributed by atoms with van der Waals surface area (Å²) in [6.45, 7) is 2.06. The Labute approximate surface area is 119 Å². The fourth-order valence-electron chi connectivity index (χ4n) is 2.00. The normalized spacial score (nSPS) is 10.7. The van der Waals surface area contributed by atoms with E-state index >= 15 is 0 Å². The van der Waals surface area contributed by atoms with Crippen molar-refractivity contribution in [3.8, 4) is 11.3 Å². The molecule has 106 valence electrons. The Hall–Kier alpha value is -3.03. The minimum atomic E-state index is -1.14. The van der Waals surface area contributed by atoms with E-state index in [0.29, 0.717) is 17.0 Å². The molecule has 8 nitrogen and oxygen atoms in total. The van der Waals surface area contributed by atoms with Crippen molar-refractivity contribution in [3.05, 3.63) is 47.7 Å². The molecule has 3 aromatic heterocycles. The zero-order chi connectivity index (χ0) is 14.8. The summed E-state index contributed by atoms with van der Waals surface area (Å²) in [7, 11) is 0. The maximum Gasteiger partial charge on any atom is 0.358 e. The third-order valence-electron chi connectivity index (χ3n) is 2.87. The second kappa shape index (κ2) is 5.16. The zero-order valence-electron chi connectivity index (χ0n) is 11.1. The molecule has 0 unspecified atom stereocenters. The predicted molar refractivity (Wildman–Crippen MR) is 70.6 cm³/mol. The van der Waals surface area contributed by atoms with Gasteiger partial charge in [0.05, 0.1) is 5.69 Å². The molecule has 0 atom stereocenters. The molecule has 0 aromatic carbocycles. The number of aromatic carboxylic acids is 1. The molecule has 3 aromatic rings. The molecule has 0 aliphatic rings. The van der Waals surface area contributed by atoms with Gasteiger partial charge in [-0.15, -0.1) is 5.10 Å². The van der Waals surface area contributed by atoms with Crippen LogP contribution in [0.3, 0.4) is 0 Å². The molecule has 0 fully saturated rings. The van der Waals surface area contributed by atoms with Crippen LogP contribution in [0.4, 0.5) is 0 Å². The highest BCUT2D eigenvalue weighted by molar-refractivity contribution is 5.92. The Morgan fingerprint density at radius 1 is 1.38 bits per heavy atom. The Morgan fingerprint density at radius 2 is 2.14 bits per heavy atom. The smallest absolute Gasteiger partial charge is 0.358 e. The number of carboxylic acid groups (broad SMARTS) is 1. The molecule has 1 N–H and O–H groups in total. The first kappa shape index (κ1) is 13.0. The third-order valence-corrected chi connectivity index (χ3v) is 2.87. The SMILES string of the molecule is Cc1cc(Cn2nnc(C(=O)O)c2-c2ccncc2)on1. The first-order valence-electron chi connectivity index (χ1n) is 6.14. The van der Waals surface area contributed by atoms with Crippen LogP contribution in [0.25, 0.3) is 11.3 Å². The molecular formula is C13H11N5O3. The number of hydrogen-bond donors (Lipinski definition) is 1. The predicted octanol–water partition coefficient (Wildman–Crippen LogP) is 1.38. The number of hydrogen-bond acceptors (Lipinski definition) is 6. The van der Waals surface area contributed by atoms with Gasteiger partial charge in [0.15, 0.2) is 11.5 Å². The number of carbonyl (C=O) groups is 1. The summed E-state index contributed by atoms with van der Waals surface area (Å²) in [5.74, 6) is -0.563. The molecule has 8 heteroatoms. The first-order chi connectivity index (χ1) is 10.1. The summed E-state index contributed by atoms with van der Waals surface area (Å²) in [4.78, 5) is 15.2. The monoisotopic (exact) mass is 285 g/mol. The lowest BCUT2D eigenvalue weighted by atomic mass is 10.1. The van der Waals surface area contributed by atoms with E-state index in [0.717, 1.165) is 5.69 Å². The number of rotatable bonds is 4. The maximum absolute atomic E-state index is 11.3. The molecule has 3 rings (SSSR count). The van der Waals surface area contributed by atoms with Gasteiger partial charge in [-0.2, -0.15) is 0 Å². The lowest BCUT2D eigenvalue weighted by Crippen LogP contribution is -2.05. The molecule has 3 heterocycles. The largest absolute Gasteiger partial charge is 0.476 e. The highest BCUT2D eigenvalue weighted by Crippen LogP contribution is 2.22. The van der Waals surface area contributed by atoms with Crippen LogP contribution in [0.5, 0.6) is 0 Å². The van der Waals surface area contributed by atoms with Crippen molar-refractivity contribution in [2.45, 2.75) is 13.5 Å². The Bertz CT molecular complexity index is 778. The summed E-state index contributed by atoms with van der Waals surface area (Å²) in [5.41, 5.74) is 1.70. The molecule has 0 amide bonds. The highest BCUT2D eigenvalue weighted by Gasteiger charge is 2.21.